The van der Waals surface area contributed by atoms with Crippen LogP contribution >= 0.6 is 15.9 Å². The quantitative estimate of drug-likeness (QED) is 0.612. The van der Waals surface area contributed by atoms with Gasteiger partial charge in [0.05, 0.1) is 32.4 Å². The summed E-state index contributed by atoms with van der Waals surface area (Å²) in [5.74, 6) is -0.804. The molecule has 0 spiro atoms. The van der Waals surface area contributed by atoms with Crippen molar-refractivity contribution in [3.8, 4) is 11.8 Å². The zero-order valence-corrected chi connectivity index (χ0v) is 18.9. The van der Waals surface area contributed by atoms with Crippen molar-refractivity contribution in [2.45, 2.75) is 24.9 Å². The Morgan fingerprint density at radius 2 is 1.87 bits per heavy atom. The van der Waals surface area contributed by atoms with E-state index in [1.807, 2.05) is 59.5 Å². The van der Waals surface area contributed by atoms with Crippen LogP contribution in [0.5, 0.6) is 5.75 Å². The average molecular weight is 481 g/mol. The highest BCUT2D eigenvalue weighted by Gasteiger charge is 2.66. The summed E-state index contributed by atoms with van der Waals surface area (Å²) in [4.78, 5) is 28.1. The molecule has 0 radical (unpaired) electrons. The average Bonchev–Trinajstić information content (AvgIpc) is 3.10. The molecule has 2 aromatic carbocycles. The Morgan fingerprint density at radius 1 is 1.16 bits per heavy atom. The molecule has 158 valence electrons. The van der Waals surface area contributed by atoms with E-state index in [0.29, 0.717) is 5.75 Å². The number of nitriles is 1. The first-order chi connectivity index (χ1) is 14.9. The fourth-order valence-corrected chi connectivity index (χ4v) is 5.16. The van der Waals surface area contributed by atoms with Gasteiger partial charge in [0.2, 0.25) is 0 Å². The van der Waals surface area contributed by atoms with Crippen LogP contribution in [0.3, 0.4) is 0 Å². The number of ether oxygens (including phenoxy) is 2. The van der Waals surface area contributed by atoms with Gasteiger partial charge in [0, 0.05) is 21.6 Å². The van der Waals surface area contributed by atoms with Crippen LogP contribution in [0.25, 0.3) is 6.08 Å². The van der Waals surface area contributed by atoms with E-state index in [2.05, 4.69) is 22.0 Å². The summed E-state index contributed by atoms with van der Waals surface area (Å²) < 4.78 is 11.3. The molecule has 0 amide bonds. The molecule has 0 aliphatic carbocycles. The van der Waals surface area contributed by atoms with E-state index in [1.165, 1.54) is 14.0 Å². The minimum Gasteiger partial charge on any atom is -0.497 e. The molecule has 2 aliphatic rings. The van der Waals surface area contributed by atoms with Crippen LogP contribution in [0.2, 0.25) is 0 Å². The molecule has 4 rings (SSSR count). The van der Waals surface area contributed by atoms with Crippen molar-refractivity contribution in [3.63, 3.8) is 0 Å². The predicted octanol–water partition coefficient (Wildman–Crippen LogP) is 4.10. The van der Waals surface area contributed by atoms with Crippen LogP contribution in [0, 0.1) is 16.7 Å². The number of rotatable bonds is 4. The molecule has 1 fully saturated rings. The number of carbonyl (C=O) groups excluding carboxylic acids is 2. The van der Waals surface area contributed by atoms with Gasteiger partial charge in [0.25, 0.3) is 0 Å². The van der Waals surface area contributed by atoms with Gasteiger partial charge in [-0.1, -0.05) is 40.2 Å². The molecule has 0 bridgehead atoms. The first-order valence-electron chi connectivity index (χ1n) is 9.79. The molecule has 6 nitrogen and oxygen atoms in total. The molecule has 0 saturated carbocycles. The number of Topliss-reactive ketones (excluding diaryl/α,β-unsaturated/α-hetero) is 1. The van der Waals surface area contributed by atoms with Gasteiger partial charge in [-0.15, -0.1) is 0 Å². The maximum atomic E-state index is 13.2. The van der Waals surface area contributed by atoms with Gasteiger partial charge in [-0.2, -0.15) is 5.26 Å². The Labute approximate surface area is 189 Å². The number of carbonyl (C=O) groups is 2. The van der Waals surface area contributed by atoms with Gasteiger partial charge in [-0.3, -0.25) is 9.59 Å². The number of benzene rings is 2. The van der Waals surface area contributed by atoms with Gasteiger partial charge in [0.15, 0.2) is 11.2 Å². The Hall–Kier alpha value is -3.11. The van der Waals surface area contributed by atoms with Crippen molar-refractivity contribution in [3.05, 3.63) is 64.1 Å². The number of hydrogen-bond donors (Lipinski definition) is 0. The Balaban J connectivity index is 2.00. The number of anilines is 1. The van der Waals surface area contributed by atoms with E-state index >= 15 is 0 Å². The molecule has 1 unspecified atom stereocenters. The van der Waals surface area contributed by atoms with Gasteiger partial charge in [0.1, 0.15) is 5.75 Å². The molecular formula is C24H21BrN2O4. The third kappa shape index (κ3) is 3.05. The number of nitrogens with zero attached hydrogens (tertiary/aromatic N) is 2. The molecule has 1 saturated heterocycles. The zero-order valence-electron chi connectivity index (χ0n) is 17.3. The van der Waals surface area contributed by atoms with Crippen LogP contribution in [0.4, 0.5) is 5.69 Å². The van der Waals surface area contributed by atoms with Gasteiger partial charge in [-0.25, -0.2) is 0 Å². The van der Waals surface area contributed by atoms with E-state index in [4.69, 9.17) is 9.47 Å². The highest BCUT2D eigenvalue weighted by atomic mass is 79.9. The van der Waals surface area contributed by atoms with E-state index in [-0.39, 0.29) is 5.78 Å². The standard InChI is InChI=1S/C24H21BrN2O4/c1-14(28)22-21(15-4-7-17(25)8-5-15)24(13-26,23(29)31-3)20-11-6-16-12-18(30-2)9-10-19(16)27(20)22/h4-12,20-22H,1-3H3/t20?,21-,22-,24-/m1/s1. The van der Waals surface area contributed by atoms with Crippen molar-refractivity contribution in [2.24, 2.45) is 5.41 Å². The second kappa shape index (κ2) is 7.86. The predicted molar refractivity (Wildman–Crippen MR) is 120 cm³/mol. The van der Waals surface area contributed by atoms with E-state index in [9.17, 15) is 14.9 Å². The van der Waals surface area contributed by atoms with Gasteiger partial charge >= 0.3 is 5.97 Å². The van der Waals surface area contributed by atoms with E-state index in [1.54, 1.807) is 7.11 Å². The fourth-order valence-electron chi connectivity index (χ4n) is 4.90. The Morgan fingerprint density at radius 3 is 2.45 bits per heavy atom. The molecular weight excluding hydrogens is 460 g/mol. The van der Waals surface area contributed by atoms with Crippen LogP contribution in [-0.2, 0) is 14.3 Å². The second-order valence-electron chi connectivity index (χ2n) is 7.69. The molecule has 2 aromatic rings. The number of ketones is 1. The molecule has 7 heteroatoms. The molecule has 0 N–H and O–H groups in total. The lowest BCUT2D eigenvalue weighted by Gasteiger charge is -2.36. The Bertz CT molecular complexity index is 1120. The summed E-state index contributed by atoms with van der Waals surface area (Å²) in [5.41, 5.74) is 0.771. The minimum atomic E-state index is -1.59. The summed E-state index contributed by atoms with van der Waals surface area (Å²) in [6, 6.07) is 13.8. The monoisotopic (exact) mass is 480 g/mol. The first-order valence-corrected chi connectivity index (χ1v) is 10.6. The largest absolute Gasteiger partial charge is 0.497 e. The third-order valence-corrected chi connectivity index (χ3v) is 6.73. The number of halogens is 1. The smallest absolute Gasteiger partial charge is 0.329 e. The number of esters is 1. The maximum Gasteiger partial charge on any atom is 0.329 e. The van der Waals surface area contributed by atoms with Crippen molar-refractivity contribution < 1.29 is 19.1 Å². The third-order valence-electron chi connectivity index (χ3n) is 6.20. The maximum absolute atomic E-state index is 13.2. The molecule has 4 atom stereocenters. The lowest BCUT2D eigenvalue weighted by molar-refractivity contribution is -0.150. The highest BCUT2D eigenvalue weighted by molar-refractivity contribution is 9.10. The van der Waals surface area contributed by atoms with Crippen molar-refractivity contribution in [1.82, 2.24) is 0 Å². The number of methoxy groups -OCH3 is 2. The fraction of sp³-hybridized carbons (Fsp3) is 0.292. The summed E-state index contributed by atoms with van der Waals surface area (Å²) in [6.07, 6.45) is 3.69. The van der Waals surface area contributed by atoms with Crippen LogP contribution in [0.1, 0.15) is 24.0 Å². The van der Waals surface area contributed by atoms with E-state index in [0.717, 1.165) is 21.3 Å². The molecule has 0 aromatic heterocycles. The lowest BCUT2D eigenvalue weighted by Crippen LogP contribution is -2.46. The second-order valence-corrected chi connectivity index (χ2v) is 8.61. The normalized spacial score (nSPS) is 25.9. The van der Waals surface area contributed by atoms with Crippen molar-refractivity contribution >= 4 is 39.4 Å². The number of fused-ring (bicyclic) bond motifs is 3. The summed E-state index contributed by atoms with van der Waals surface area (Å²) in [6.45, 7) is 1.50. The molecule has 31 heavy (non-hydrogen) atoms. The van der Waals surface area contributed by atoms with Gasteiger partial charge in [-0.05, 0) is 42.8 Å². The van der Waals surface area contributed by atoms with E-state index < -0.39 is 29.4 Å². The summed E-state index contributed by atoms with van der Waals surface area (Å²) in [7, 11) is 2.86. The Kier molecular flexibility index (Phi) is 5.36. The summed E-state index contributed by atoms with van der Waals surface area (Å²) in [5, 5.41) is 10.4. The zero-order chi connectivity index (χ0) is 22.3. The van der Waals surface area contributed by atoms with Crippen LogP contribution in [0.15, 0.2) is 53.0 Å². The SMILES string of the molecule is COC(=O)[C@]1(C#N)C2C=Cc3cc(OC)ccc3N2[C@H](C(C)=O)[C@H]1c1ccc(Br)cc1. The van der Waals surface area contributed by atoms with Crippen LogP contribution < -0.4 is 9.64 Å². The molecule has 2 heterocycles. The minimum absolute atomic E-state index is 0.129. The first kappa shape index (κ1) is 21.1. The van der Waals surface area contributed by atoms with Gasteiger partial charge < -0.3 is 14.4 Å². The highest BCUT2D eigenvalue weighted by Crippen LogP contribution is 2.56. The van der Waals surface area contributed by atoms with Crippen molar-refractivity contribution in [2.75, 3.05) is 19.1 Å². The topological polar surface area (TPSA) is 79.6 Å². The van der Waals surface area contributed by atoms with Crippen LogP contribution in [-0.4, -0.2) is 38.1 Å². The van der Waals surface area contributed by atoms with Crippen molar-refractivity contribution in [1.29, 1.82) is 5.26 Å². The lowest BCUT2D eigenvalue weighted by atomic mass is 9.68. The molecule has 2 aliphatic heterocycles. The number of hydrogen-bond acceptors (Lipinski definition) is 6. The summed E-state index contributed by atoms with van der Waals surface area (Å²) >= 11 is 3.43.